The highest BCUT2D eigenvalue weighted by atomic mass is 16.7. The molecule has 1 heterocycles. The number of fused-ring (bicyclic) bond motifs is 3. The Morgan fingerprint density at radius 1 is 1.31 bits per heavy atom. The van der Waals surface area contributed by atoms with Crippen LogP contribution in [0.5, 0.6) is 17.2 Å². The highest BCUT2D eigenvalue weighted by Gasteiger charge is 2.74. The Kier molecular flexibility index (Phi) is 4.88. The molecule has 0 unspecified atom stereocenters. The molecule has 1 aliphatic heterocycles. The van der Waals surface area contributed by atoms with Gasteiger partial charge in [0.2, 0.25) is 12.5 Å². The molecule has 4 rings (SSSR count). The van der Waals surface area contributed by atoms with E-state index >= 15 is 0 Å². The van der Waals surface area contributed by atoms with Crippen molar-refractivity contribution in [3.8, 4) is 17.2 Å². The van der Waals surface area contributed by atoms with Gasteiger partial charge in [0.25, 0.3) is 0 Å². The Labute approximate surface area is 170 Å². The van der Waals surface area contributed by atoms with Gasteiger partial charge in [-0.15, -0.1) is 6.58 Å². The number of benzene rings is 1. The lowest BCUT2D eigenvalue weighted by Crippen LogP contribution is -2.62. The third-order valence-corrected chi connectivity index (χ3v) is 7.19. The smallest absolute Gasteiger partial charge is 0.231 e. The lowest BCUT2D eigenvalue weighted by atomic mass is 9.66. The van der Waals surface area contributed by atoms with Crippen LogP contribution < -0.4 is 14.2 Å². The van der Waals surface area contributed by atoms with E-state index < -0.39 is 29.1 Å². The first kappa shape index (κ1) is 20.2. The van der Waals surface area contributed by atoms with E-state index in [-0.39, 0.29) is 18.5 Å². The minimum atomic E-state index is -1.43. The number of hydrogen-bond acceptors (Lipinski definition) is 7. The summed E-state index contributed by atoms with van der Waals surface area (Å²) in [7, 11) is 4.59. The van der Waals surface area contributed by atoms with E-state index in [0.29, 0.717) is 30.1 Å². The molecule has 2 saturated carbocycles. The Bertz CT molecular complexity index is 837. The second-order valence-corrected chi connectivity index (χ2v) is 8.12. The number of Topliss-reactive ketones (excluding diaryl/α,β-unsaturated/α-hetero) is 1. The third-order valence-electron chi connectivity index (χ3n) is 7.19. The molecule has 2 fully saturated rings. The Balaban J connectivity index is 1.94. The van der Waals surface area contributed by atoms with Crippen molar-refractivity contribution < 1.29 is 33.6 Å². The summed E-state index contributed by atoms with van der Waals surface area (Å²) in [5.41, 5.74) is -1.36. The van der Waals surface area contributed by atoms with Gasteiger partial charge >= 0.3 is 0 Å². The van der Waals surface area contributed by atoms with Crippen molar-refractivity contribution in [2.75, 3.05) is 28.1 Å². The molecule has 1 aromatic rings. The van der Waals surface area contributed by atoms with Gasteiger partial charge in [0.15, 0.2) is 22.9 Å². The van der Waals surface area contributed by atoms with Crippen LogP contribution in [-0.4, -0.2) is 56.8 Å². The number of methoxy groups -OCH3 is 3. The fourth-order valence-corrected chi connectivity index (χ4v) is 5.81. The minimum Gasteiger partial charge on any atom is -0.493 e. The quantitative estimate of drug-likeness (QED) is 0.729. The number of rotatable bonds is 6. The molecule has 1 N–H and O–H groups in total. The number of aliphatic hydroxyl groups is 1. The summed E-state index contributed by atoms with van der Waals surface area (Å²) in [6.07, 6.45) is 1.05. The van der Waals surface area contributed by atoms with Gasteiger partial charge in [0.1, 0.15) is 6.10 Å². The molecular formula is C22H28O7. The number of ether oxygens (including phenoxy) is 5. The predicted molar refractivity (Wildman–Crippen MR) is 104 cm³/mol. The molecule has 2 bridgehead atoms. The molecule has 0 saturated heterocycles. The average molecular weight is 404 g/mol. The van der Waals surface area contributed by atoms with Crippen LogP contribution in [-0.2, 0) is 14.3 Å². The number of allylic oxidation sites excluding steroid dienone is 1. The fourth-order valence-electron chi connectivity index (χ4n) is 5.81. The summed E-state index contributed by atoms with van der Waals surface area (Å²) < 4.78 is 28.1. The zero-order valence-electron chi connectivity index (χ0n) is 17.3. The second kappa shape index (κ2) is 7.00. The largest absolute Gasteiger partial charge is 0.493 e. The van der Waals surface area contributed by atoms with Crippen LogP contribution in [0.4, 0.5) is 0 Å². The normalized spacial score (nSPS) is 37.6. The molecule has 158 valence electrons. The van der Waals surface area contributed by atoms with E-state index in [1.165, 1.54) is 7.11 Å². The highest BCUT2D eigenvalue weighted by Crippen LogP contribution is 2.64. The van der Waals surface area contributed by atoms with Crippen molar-refractivity contribution in [3.05, 3.63) is 30.4 Å². The van der Waals surface area contributed by atoms with Crippen molar-refractivity contribution in [2.24, 2.45) is 11.3 Å². The molecular weight excluding hydrogens is 376 g/mol. The van der Waals surface area contributed by atoms with Crippen molar-refractivity contribution in [2.45, 2.75) is 43.5 Å². The summed E-state index contributed by atoms with van der Waals surface area (Å²) in [4.78, 5) is 13.8. The summed E-state index contributed by atoms with van der Waals surface area (Å²) >= 11 is 0. The molecule has 3 aliphatic rings. The maximum absolute atomic E-state index is 13.8. The van der Waals surface area contributed by atoms with Gasteiger partial charge in [-0.25, -0.2) is 0 Å². The standard InChI is InChI=1S/C22H28O7/c1-6-7-21-10-16(26-4)19(23)22(27-5,20(21)24)17(12(21)2)13-8-14(25-3)18-15(9-13)28-11-29-18/h6,8-9,12,16-17,19,23H,1,7,10-11H2,2-5H3/t12-,16+,17+,19+,21-,22-/m0/s1. The van der Waals surface area contributed by atoms with Crippen molar-refractivity contribution in [1.29, 1.82) is 0 Å². The van der Waals surface area contributed by atoms with Crippen LogP contribution in [0, 0.1) is 11.3 Å². The number of carbonyl (C=O) groups excluding carboxylic acids is 1. The molecule has 0 spiro atoms. The van der Waals surface area contributed by atoms with E-state index in [2.05, 4.69) is 6.58 Å². The molecule has 1 aromatic carbocycles. The number of carbonyl (C=O) groups is 1. The van der Waals surface area contributed by atoms with E-state index in [1.807, 2.05) is 19.1 Å². The van der Waals surface area contributed by atoms with Gasteiger partial charge in [-0.3, -0.25) is 4.79 Å². The molecule has 0 aromatic heterocycles. The third kappa shape index (κ3) is 2.44. The van der Waals surface area contributed by atoms with Gasteiger partial charge in [-0.05, 0) is 36.5 Å². The topological polar surface area (TPSA) is 83.5 Å². The average Bonchev–Trinajstić information content (AvgIpc) is 3.24. The highest BCUT2D eigenvalue weighted by molar-refractivity contribution is 5.99. The molecule has 7 heteroatoms. The van der Waals surface area contributed by atoms with Crippen LogP contribution in [0.1, 0.15) is 31.2 Å². The molecule has 6 atom stereocenters. The molecule has 0 amide bonds. The predicted octanol–water partition coefficient (Wildman–Crippen LogP) is 2.45. The zero-order chi connectivity index (χ0) is 21.0. The van der Waals surface area contributed by atoms with Crippen LogP contribution in [0.3, 0.4) is 0 Å². The summed E-state index contributed by atoms with van der Waals surface area (Å²) in [6, 6.07) is 3.70. The Morgan fingerprint density at radius 3 is 2.69 bits per heavy atom. The van der Waals surface area contributed by atoms with E-state index in [0.717, 1.165) is 5.56 Å². The van der Waals surface area contributed by atoms with Crippen molar-refractivity contribution in [3.63, 3.8) is 0 Å². The number of aliphatic hydroxyl groups excluding tert-OH is 1. The second-order valence-electron chi connectivity index (χ2n) is 8.12. The van der Waals surface area contributed by atoms with Gasteiger partial charge in [-0.2, -0.15) is 0 Å². The van der Waals surface area contributed by atoms with E-state index in [4.69, 9.17) is 23.7 Å². The maximum atomic E-state index is 13.8. The lowest BCUT2D eigenvalue weighted by molar-refractivity contribution is -0.190. The molecule has 29 heavy (non-hydrogen) atoms. The van der Waals surface area contributed by atoms with Crippen molar-refractivity contribution in [1.82, 2.24) is 0 Å². The molecule has 0 radical (unpaired) electrons. The minimum absolute atomic E-state index is 0.0951. The molecule has 2 aliphatic carbocycles. The first-order valence-corrected chi connectivity index (χ1v) is 9.80. The summed E-state index contributed by atoms with van der Waals surface area (Å²) in [6.45, 7) is 6.02. The SMILES string of the molecule is C=CC[C@@]12C[C@@H](OC)[C@@H](O)[C@](OC)(C1=O)[C@@H](c1cc(OC)c3c(c1)OCO3)[C@@H]2C. The van der Waals surface area contributed by atoms with Gasteiger partial charge in [0, 0.05) is 25.6 Å². The lowest BCUT2D eigenvalue weighted by Gasteiger charge is -2.45. The maximum Gasteiger partial charge on any atom is 0.231 e. The monoisotopic (exact) mass is 404 g/mol. The van der Waals surface area contributed by atoms with Gasteiger partial charge in [0.05, 0.1) is 13.2 Å². The van der Waals surface area contributed by atoms with Crippen molar-refractivity contribution >= 4 is 5.78 Å². The van der Waals surface area contributed by atoms with Gasteiger partial charge in [-0.1, -0.05) is 13.0 Å². The number of hydrogen-bond donors (Lipinski definition) is 1. The van der Waals surface area contributed by atoms with Crippen LogP contribution in [0.15, 0.2) is 24.8 Å². The van der Waals surface area contributed by atoms with Crippen LogP contribution >= 0.6 is 0 Å². The number of ketones is 1. The fraction of sp³-hybridized carbons (Fsp3) is 0.591. The Morgan fingerprint density at radius 2 is 2.07 bits per heavy atom. The Hall–Kier alpha value is -2.09. The summed E-state index contributed by atoms with van der Waals surface area (Å²) in [5, 5.41) is 11.2. The molecule has 7 nitrogen and oxygen atoms in total. The van der Waals surface area contributed by atoms with Crippen LogP contribution in [0.25, 0.3) is 0 Å². The first-order valence-electron chi connectivity index (χ1n) is 9.80. The zero-order valence-corrected chi connectivity index (χ0v) is 17.3. The van der Waals surface area contributed by atoms with Crippen LogP contribution in [0.2, 0.25) is 0 Å². The van der Waals surface area contributed by atoms with E-state index in [9.17, 15) is 9.90 Å². The van der Waals surface area contributed by atoms with E-state index in [1.54, 1.807) is 20.3 Å². The van der Waals surface area contributed by atoms with Gasteiger partial charge < -0.3 is 28.8 Å². The first-order chi connectivity index (χ1) is 13.9. The summed E-state index contributed by atoms with van der Waals surface area (Å²) in [5.74, 6) is 0.979.